The van der Waals surface area contributed by atoms with E-state index in [0.717, 1.165) is 17.2 Å². The molecule has 0 radical (unpaired) electrons. The van der Waals surface area contributed by atoms with Crippen LogP contribution in [0, 0.1) is 24.0 Å². The lowest BCUT2D eigenvalue weighted by Crippen LogP contribution is -2.13. The molecule has 0 fully saturated rings. The van der Waals surface area contributed by atoms with Crippen LogP contribution in [-0.2, 0) is 25.7 Å². The topological polar surface area (TPSA) is 121 Å². The number of sulfone groups is 1. The van der Waals surface area contributed by atoms with E-state index in [1.54, 1.807) is 38.1 Å². The molecule has 3 aromatic carbocycles. The first-order chi connectivity index (χ1) is 14.5. The Hall–Kier alpha value is -3.24. The predicted octanol–water partition coefficient (Wildman–Crippen LogP) is 3.95. The molecule has 0 atom stereocenters. The molecule has 0 aliphatic heterocycles. The highest BCUT2D eigenvalue weighted by molar-refractivity contribution is 7.90. The van der Waals surface area contributed by atoms with Gasteiger partial charge in [0, 0.05) is 5.56 Å². The van der Waals surface area contributed by atoms with Gasteiger partial charge in [0.2, 0.25) is 5.75 Å². The lowest BCUT2D eigenvalue weighted by atomic mass is 10.2. The van der Waals surface area contributed by atoms with Crippen LogP contribution < -0.4 is 4.18 Å². The van der Waals surface area contributed by atoms with Crippen molar-refractivity contribution < 1.29 is 25.9 Å². The van der Waals surface area contributed by atoms with Crippen LogP contribution in [0.4, 0.5) is 5.69 Å². The smallest absolute Gasteiger partial charge is 0.339 e. The van der Waals surface area contributed by atoms with Crippen LogP contribution in [0.1, 0.15) is 16.7 Å². The molecule has 0 heterocycles. The number of nitro benzene ring substituents is 1. The number of hydrogen-bond donors (Lipinski definition) is 0. The van der Waals surface area contributed by atoms with E-state index < -0.39 is 42.1 Å². The first-order valence-electron chi connectivity index (χ1n) is 9.06. The second-order valence-corrected chi connectivity index (χ2v) is 10.5. The van der Waals surface area contributed by atoms with Crippen LogP contribution in [0.15, 0.2) is 76.5 Å². The van der Waals surface area contributed by atoms with Gasteiger partial charge in [-0.3, -0.25) is 10.1 Å². The van der Waals surface area contributed by atoms with Gasteiger partial charge in [-0.15, -0.1) is 0 Å². The molecule has 10 heteroatoms. The summed E-state index contributed by atoms with van der Waals surface area (Å²) in [7, 11) is -8.27. The Morgan fingerprint density at radius 1 is 0.806 bits per heavy atom. The minimum atomic E-state index is -4.36. The standard InChI is InChI=1S/C21H19NO7S2/c1-15-6-10-18(11-7-15)30(25,26)14-17-4-3-5-20(21(17)22(23)24)29-31(27,28)19-12-8-16(2)9-13-19/h3-13H,14H2,1-2H3. The van der Waals surface area contributed by atoms with Crippen molar-refractivity contribution >= 4 is 25.6 Å². The molecule has 8 nitrogen and oxygen atoms in total. The molecular weight excluding hydrogens is 442 g/mol. The fraction of sp³-hybridized carbons (Fsp3) is 0.143. The molecule has 3 rings (SSSR count). The Balaban J connectivity index is 2.01. The summed E-state index contributed by atoms with van der Waals surface area (Å²) < 4.78 is 55.7. The minimum absolute atomic E-state index is 0.00555. The number of nitro groups is 1. The third kappa shape index (κ3) is 5.09. The van der Waals surface area contributed by atoms with Gasteiger partial charge >= 0.3 is 15.8 Å². The quantitative estimate of drug-likeness (QED) is 0.297. The van der Waals surface area contributed by atoms with Crippen molar-refractivity contribution in [1.29, 1.82) is 0 Å². The first kappa shape index (κ1) is 22.4. The summed E-state index contributed by atoms with van der Waals surface area (Å²) in [5.74, 6) is -1.24. The van der Waals surface area contributed by atoms with Gasteiger partial charge in [-0.2, -0.15) is 8.42 Å². The molecule has 0 aliphatic rings. The van der Waals surface area contributed by atoms with Crippen molar-refractivity contribution in [3.63, 3.8) is 0 Å². The highest BCUT2D eigenvalue weighted by Crippen LogP contribution is 2.35. The number of benzene rings is 3. The van der Waals surface area contributed by atoms with Gasteiger partial charge in [0.1, 0.15) is 4.90 Å². The molecule has 31 heavy (non-hydrogen) atoms. The molecular formula is C21H19NO7S2. The Morgan fingerprint density at radius 2 is 1.32 bits per heavy atom. The van der Waals surface area contributed by atoms with Gasteiger partial charge in [0.25, 0.3) is 0 Å². The van der Waals surface area contributed by atoms with Gasteiger partial charge in [-0.25, -0.2) is 8.42 Å². The molecule has 0 unspecified atom stereocenters. The molecule has 0 bridgehead atoms. The number of nitrogens with zero attached hydrogens (tertiary/aromatic N) is 1. The lowest BCUT2D eigenvalue weighted by Gasteiger charge is -2.11. The van der Waals surface area contributed by atoms with Gasteiger partial charge in [-0.05, 0) is 44.2 Å². The molecule has 162 valence electrons. The monoisotopic (exact) mass is 461 g/mol. The molecule has 0 aliphatic carbocycles. The normalized spacial score (nSPS) is 11.8. The van der Waals surface area contributed by atoms with E-state index in [0.29, 0.717) is 0 Å². The van der Waals surface area contributed by atoms with Crippen LogP contribution in [0.2, 0.25) is 0 Å². The van der Waals surface area contributed by atoms with Crippen LogP contribution in [0.3, 0.4) is 0 Å². The molecule has 0 spiro atoms. The number of aryl methyl sites for hydroxylation is 2. The zero-order chi connectivity index (χ0) is 22.8. The predicted molar refractivity (Wildman–Crippen MR) is 114 cm³/mol. The maximum absolute atomic E-state index is 12.8. The molecule has 0 saturated carbocycles. The van der Waals surface area contributed by atoms with Crippen molar-refractivity contribution in [2.24, 2.45) is 0 Å². The maximum atomic E-state index is 12.8. The van der Waals surface area contributed by atoms with Crippen LogP contribution in [-0.4, -0.2) is 21.8 Å². The summed E-state index contributed by atoms with van der Waals surface area (Å²) in [5.41, 5.74) is 0.797. The van der Waals surface area contributed by atoms with Gasteiger partial charge in [-0.1, -0.05) is 47.5 Å². The zero-order valence-electron chi connectivity index (χ0n) is 16.7. The first-order valence-corrected chi connectivity index (χ1v) is 12.1. The van der Waals surface area contributed by atoms with Crippen LogP contribution in [0.5, 0.6) is 5.75 Å². The Kier molecular flexibility index (Phi) is 6.14. The summed E-state index contributed by atoms with van der Waals surface area (Å²) in [4.78, 5) is 10.7. The van der Waals surface area contributed by atoms with E-state index in [-0.39, 0.29) is 15.4 Å². The Labute approximate surface area is 180 Å². The SMILES string of the molecule is Cc1ccc(S(=O)(=O)Cc2cccc(OS(=O)(=O)c3ccc(C)cc3)c2[N+](=O)[O-])cc1. The summed E-state index contributed by atoms with van der Waals surface area (Å²) in [6.45, 7) is 3.58. The third-order valence-corrected chi connectivity index (χ3v) is 7.43. The zero-order valence-corrected chi connectivity index (χ0v) is 18.3. The van der Waals surface area contributed by atoms with Crippen LogP contribution >= 0.6 is 0 Å². The van der Waals surface area contributed by atoms with Gasteiger partial charge in [0.15, 0.2) is 9.84 Å². The van der Waals surface area contributed by atoms with E-state index in [4.69, 9.17) is 4.18 Å². The third-order valence-electron chi connectivity index (χ3n) is 4.50. The van der Waals surface area contributed by atoms with Crippen LogP contribution in [0.25, 0.3) is 0 Å². The highest BCUT2D eigenvalue weighted by Gasteiger charge is 2.29. The largest absolute Gasteiger partial charge is 0.372 e. The van der Waals surface area contributed by atoms with E-state index >= 15 is 0 Å². The van der Waals surface area contributed by atoms with Crippen molar-refractivity contribution in [1.82, 2.24) is 0 Å². The van der Waals surface area contributed by atoms with Crippen molar-refractivity contribution in [2.45, 2.75) is 29.4 Å². The van der Waals surface area contributed by atoms with E-state index in [9.17, 15) is 26.9 Å². The summed E-state index contributed by atoms with van der Waals surface area (Å²) in [6, 6.07) is 15.5. The molecule has 0 saturated heterocycles. The molecule has 0 amide bonds. The van der Waals surface area contributed by atoms with Crippen molar-refractivity contribution in [3.05, 3.63) is 93.5 Å². The van der Waals surface area contributed by atoms with Crippen molar-refractivity contribution in [3.8, 4) is 5.75 Å². The number of hydrogen-bond acceptors (Lipinski definition) is 7. The van der Waals surface area contributed by atoms with Gasteiger partial charge < -0.3 is 4.18 Å². The van der Waals surface area contributed by atoms with Crippen molar-refractivity contribution in [2.75, 3.05) is 0 Å². The summed E-state index contributed by atoms with van der Waals surface area (Å²) >= 11 is 0. The lowest BCUT2D eigenvalue weighted by molar-refractivity contribution is -0.386. The molecule has 3 aromatic rings. The Morgan fingerprint density at radius 3 is 1.84 bits per heavy atom. The minimum Gasteiger partial charge on any atom is -0.372 e. The fourth-order valence-electron chi connectivity index (χ4n) is 2.86. The summed E-state index contributed by atoms with van der Waals surface area (Å²) in [5, 5.41) is 11.7. The summed E-state index contributed by atoms with van der Waals surface area (Å²) in [6.07, 6.45) is 0. The number of para-hydroxylation sites is 1. The Bertz CT molecular complexity index is 1230. The molecule has 0 aromatic heterocycles. The van der Waals surface area contributed by atoms with E-state index in [1.165, 1.54) is 36.4 Å². The molecule has 0 N–H and O–H groups in total. The number of rotatable bonds is 7. The maximum Gasteiger partial charge on any atom is 0.339 e. The van der Waals surface area contributed by atoms with Gasteiger partial charge in [0.05, 0.1) is 15.6 Å². The average Bonchev–Trinajstić information content (AvgIpc) is 2.68. The second kappa shape index (κ2) is 8.48. The highest BCUT2D eigenvalue weighted by atomic mass is 32.2. The second-order valence-electron chi connectivity index (χ2n) is 6.94. The fourth-order valence-corrected chi connectivity index (χ4v) is 5.16. The average molecular weight is 462 g/mol. The van der Waals surface area contributed by atoms with E-state index in [1.807, 2.05) is 0 Å². The van der Waals surface area contributed by atoms with E-state index in [2.05, 4.69) is 0 Å².